The van der Waals surface area contributed by atoms with E-state index < -0.39 is 23.2 Å². The molecule has 0 aromatic heterocycles. The summed E-state index contributed by atoms with van der Waals surface area (Å²) in [6.07, 6.45) is 0. The fourth-order valence-electron chi connectivity index (χ4n) is 1.20. The van der Waals surface area contributed by atoms with Crippen molar-refractivity contribution in [2.75, 3.05) is 0 Å². The van der Waals surface area contributed by atoms with Gasteiger partial charge in [0, 0.05) is 0 Å². The standard InChI is InChI=1S/C12H14ClNO3/c1-8(10(14)11(13)15)12(16)17-7-9-5-3-2-4-6-9/h2-6,8,10H,7,14H2,1H3. The monoisotopic (exact) mass is 255 g/mol. The third kappa shape index (κ3) is 4.17. The fourth-order valence-corrected chi connectivity index (χ4v) is 1.39. The maximum atomic E-state index is 11.5. The third-order valence-electron chi connectivity index (χ3n) is 2.40. The summed E-state index contributed by atoms with van der Waals surface area (Å²) in [7, 11) is 0. The van der Waals surface area contributed by atoms with Gasteiger partial charge in [-0.05, 0) is 24.1 Å². The summed E-state index contributed by atoms with van der Waals surface area (Å²) in [5.41, 5.74) is 6.32. The van der Waals surface area contributed by atoms with Gasteiger partial charge in [0.05, 0.1) is 12.0 Å². The van der Waals surface area contributed by atoms with Crippen molar-refractivity contribution in [1.82, 2.24) is 0 Å². The first-order valence-electron chi connectivity index (χ1n) is 5.18. The molecule has 2 N–H and O–H groups in total. The molecule has 0 saturated heterocycles. The van der Waals surface area contributed by atoms with E-state index in [0.29, 0.717) is 0 Å². The molecule has 0 aliphatic heterocycles. The molecule has 0 amide bonds. The van der Waals surface area contributed by atoms with Gasteiger partial charge in [0.1, 0.15) is 6.61 Å². The molecular formula is C12H14ClNO3. The molecule has 5 heteroatoms. The topological polar surface area (TPSA) is 69.4 Å². The highest BCUT2D eigenvalue weighted by atomic mass is 35.5. The highest BCUT2D eigenvalue weighted by molar-refractivity contribution is 6.64. The Morgan fingerprint density at radius 3 is 2.47 bits per heavy atom. The summed E-state index contributed by atoms with van der Waals surface area (Å²) < 4.78 is 5.03. The van der Waals surface area contributed by atoms with Crippen LogP contribution < -0.4 is 5.73 Å². The summed E-state index contributed by atoms with van der Waals surface area (Å²) in [5.74, 6) is -1.28. The lowest BCUT2D eigenvalue weighted by Gasteiger charge is -2.15. The molecule has 0 aliphatic carbocycles. The van der Waals surface area contributed by atoms with E-state index in [-0.39, 0.29) is 6.61 Å². The lowest BCUT2D eigenvalue weighted by Crippen LogP contribution is -2.39. The normalized spacial score (nSPS) is 13.8. The minimum absolute atomic E-state index is 0.160. The Bertz CT molecular complexity index is 394. The molecular weight excluding hydrogens is 242 g/mol. The van der Waals surface area contributed by atoms with Crippen LogP contribution in [-0.4, -0.2) is 17.3 Å². The molecule has 0 aliphatic rings. The fraction of sp³-hybridized carbons (Fsp3) is 0.333. The Hall–Kier alpha value is -1.39. The molecule has 4 nitrogen and oxygen atoms in total. The second-order valence-electron chi connectivity index (χ2n) is 3.71. The number of halogens is 1. The largest absolute Gasteiger partial charge is 0.461 e. The van der Waals surface area contributed by atoms with Crippen LogP contribution in [0.2, 0.25) is 0 Å². The van der Waals surface area contributed by atoms with Gasteiger partial charge in [-0.2, -0.15) is 0 Å². The van der Waals surface area contributed by atoms with Crippen LogP contribution in [0.25, 0.3) is 0 Å². The maximum absolute atomic E-state index is 11.5. The number of carbonyl (C=O) groups is 2. The molecule has 0 bridgehead atoms. The van der Waals surface area contributed by atoms with E-state index in [9.17, 15) is 9.59 Å². The average Bonchev–Trinajstić information content (AvgIpc) is 2.35. The minimum atomic E-state index is -1.03. The van der Waals surface area contributed by atoms with Crippen molar-refractivity contribution in [3.8, 4) is 0 Å². The quantitative estimate of drug-likeness (QED) is 0.639. The number of rotatable bonds is 5. The molecule has 0 heterocycles. The van der Waals surface area contributed by atoms with Crippen LogP contribution in [-0.2, 0) is 20.9 Å². The molecule has 0 spiro atoms. The number of ether oxygens (including phenoxy) is 1. The van der Waals surface area contributed by atoms with Gasteiger partial charge < -0.3 is 10.5 Å². The van der Waals surface area contributed by atoms with Gasteiger partial charge in [0.15, 0.2) is 0 Å². The van der Waals surface area contributed by atoms with Crippen molar-refractivity contribution in [2.45, 2.75) is 19.6 Å². The van der Waals surface area contributed by atoms with Crippen molar-refractivity contribution in [3.05, 3.63) is 35.9 Å². The van der Waals surface area contributed by atoms with Crippen LogP contribution in [0.5, 0.6) is 0 Å². The second kappa shape index (κ2) is 6.37. The molecule has 17 heavy (non-hydrogen) atoms. The van der Waals surface area contributed by atoms with E-state index in [4.69, 9.17) is 22.1 Å². The van der Waals surface area contributed by atoms with Crippen LogP contribution in [0.1, 0.15) is 12.5 Å². The molecule has 1 aromatic carbocycles. The Morgan fingerprint density at radius 2 is 1.94 bits per heavy atom. The van der Waals surface area contributed by atoms with E-state index in [1.807, 2.05) is 30.3 Å². The lowest BCUT2D eigenvalue weighted by atomic mass is 10.0. The van der Waals surface area contributed by atoms with E-state index in [1.165, 1.54) is 6.92 Å². The lowest BCUT2D eigenvalue weighted by molar-refractivity contribution is -0.150. The van der Waals surface area contributed by atoms with Crippen LogP contribution in [0.3, 0.4) is 0 Å². The molecule has 2 unspecified atom stereocenters. The van der Waals surface area contributed by atoms with Gasteiger partial charge in [-0.3, -0.25) is 9.59 Å². The van der Waals surface area contributed by atoms with Crippen LogP contribution in [0.15, 0.2) is 30.3 Å². The Balaban J connectivity index is 2.47. The van der Waals surface area contributed by atoms with Crippen LogP contribution in [0.4, 0.5) is 0 Å². The highest BCUT2D eigenvalue weighted by Crippen LogP contribution is 2.09. The van der Waals surface area contributed by atoms with Crippen molar-refractivity contribution in [1.29, 1.82) is 0 Å². The zero-order valence-corrected chi connectivity index (χ0v) is 10.2. The van der Waals surface area contributed by atoms with Gasteiger partial charge in [-0.15, -0.1) is 0 Å². The smallest absolute Gasteiger partial charge is 0.311 e. The summed E-state index contributed by atoms with van der Waals surface area (Å²) >= 11 is 5.21. The van der Waals surface area contributed by atoms with Crippen molar-refractivity contribution < 1.29 is 14.3 Å². The molecule has 92 valence electrons. The van der Waals surface area contributed by atoms with E-state index in [1.54, 1.807) is 0 Å². The predicted octanol–water partition coefficient (Wildman–Crippen LogP) is 1.46. The molecule has 2 atom stereocenters. The highest BCUT2D eigenvalue weighted by Gasteiger charge is 2.26. The zero-order valence-electron chi connectivity index (χ0n) is 9.43. The third-order valence-corrected chi connectivity index (χ3v) is 2.65. The molecule has 0 fully saturated rings. The molecule has 1 aromatic rings. The Labute approximate surface area is 105 Å². The van der Waals surface area contributed by atoms with Gasteiger partial charge in [-0.25, -0.2) is 0 Å². The molecule has 0 radical (unpaired) electrons. The predicted molar refractivity (Wildman–Crippen MR) is 64.2 cm³/mol. The van der Waals surface area contributed by atoms with Gasteiger partial charge >= 0.3 is 5.97 Å². The van der Waals surface area contributed by atoms with Crippen molar-refractivity contribution >= 4 is 22.8 Å². The molecule has 0 saturated carbocycles. The van der Waals surface area contributed by atoms with Crippen molar-refractivity contribution in [3.63, 3.8) is 0 Å². The zero-order chi connectivity index (χ0) is 12.8. The van der Waals surface area contributed by atoms with E-state index in [2.05, 4.69) is 0 Å². The first kappa shape index (κ1) is 13.7. The van der Waals surface area contributed by atoms with E-state index >= 15 is 0 Å². The summed E-state index contributed by atoms with van der Waals surface area (Å²) in [5, 5.41) is -0.742. The summed E-state index contributed by atoms with van der Waals surface area (Å²) in [6.45, 7) is 1.67. The number of esters is 1. The van der Waals surface area contributed by atoms with Crippen LogP contribution >= 0.6 is 11.6 Å². The minimum Gasteiger partial charge on any atom is -0.461 e. The number of benzene rings is 1. The number of nitrogens with two attached hydrogens (primary N) is 1. The van der Waals surface area contributed by atoms with E-state index in [0.717, 1.165) is 5.56 Å². The molecule has 1 rings (SSSR count). The maximum Gasteiger partial charge on any atom is 0.311 e. The second-order valence-corrected chi connectivity index (χ2v) is 4.08. The average molecular weight is 256 g/mol. The van der Waals surface area contributed by atoms with Crippen molar-refractivity contribution in [2.24, 2.45) is 11.7 Å². The first-order valence-corrected chi connectivity index (χ1v) is 5.55. The van der Waals surface area contributed by atoms with Gasteiger partial charge in [0.25, 0.3) is 0 Å². The van der Waals surface area contributed by atoms with Gasteiger partial charge in [0.2, 0.25) is 5.24 Å². The number of hydrogen-bond acceptors (Lipinski definition) is 4. The summed E-state index contributed by atoms with van der Waals surface area (Å²) in [4.78, 5) is 22.3. The first-order chi connectivity index (χ1) is 8.02. The van der Waals surface area contributed by atoms with Gasteiger partial charge in [-0.1, -0.05) is 30.3 Å². The Kier molecular flexibility index (Phi) is 5.12. The Morgan fingerprint density at radius 1 is 1.35 bits per heavy atom. The number of carbonyl (C=O) groups excluding carboxylic acids is 2. The van der Waals surface area contributed by atoms with Crippen LogP contribution in [0, 0.1) is 5.92 Å². The summed E-state index contributed by atoms with van der Waals surface area (Å²) in [6, 6.07) is 8.21. The SMILES string of the molecule is CC(C(=O)OCc1ccccc1)C(N)C(=O)Cl. The number of hydrogen-bond donors (Lipinski definition) is 1.